The van der Waals surface area contributed by atoms with Crippen LogP contribution in [-0.2, 0) is 4.74 Å². The molecule has 2 saturated carbocycles. The van der Waals surface area contributed by atoms with Crippen LogP contribution in [0.15, 0.2) is 42.5 Å². The number of hydrogen-bond donors (Lipinski definition) is 0. The summed E-state index contributed by atoms with van der Waals surface area (Å²) in [6.45, 7) is 2.67. The predicted molar refractivity (Wildman–Crippen MR) is 116 cm³/mol. The number of hydrogen-bond acceptors (Lipinski definition) is 3. The number of rotatable bonds is 5. The Kier molecular flexibility index (Phi) is 5.09. The van der Waals surface area contributed by atoms with E-state index in [9.17, 15) is 4.79 Å². The van der Waals surface area contributed by atoms with E-state index in [1.54, 1.807) is 0 Å². The Morgan fingerprint density at radius 1 is 1.03 bits per heavy atom. The van der Waals surface area contributed by atoms with Crippen LogP contribution in [0, 0.1) is 17.8 Å². The highest BCUT2D eigenvalue weighted by molar-refractivity contribution is 6.07. The average molecular weight is 393 g/mol. The van der Waals surface area contributed by atoms with Crippen molar-refractivity contribution >= 4 is 16.7 Å². The van der Waals surface area contributed by atoms with E-state index in [1.807, 2.05) is 24.3 Å². The van der Waals surface area contributed by atoms with Crippen molar-refractivity contribution in [3.8, 4) is 0 Å². The zero-order chi connectivity index (χ0) is 20.0. The van der Waals surface area contributed by atoms with Gasteiger partial charge in [0.15, 0.2) is 0 Å². The second kappa shape index (κ2) is 7.73. The topological polar surface area (TPSA) is 32.8 Å². The Morgan fingerprint density at radius 2 is 1.76 bits per heavy atom. The molecule has 0 bridgehead atoms. The summed E-state index contributed by atoms with van der Waals surface area (Å²) in [5, 5.41) is 2.20. The van der Waals surface area contributed by atoms with Crippen molar-refractivity contribution in [2.24, 2.45) is 17.8 Å². The van der Waals surface area contributed by atoms with Crippen LogP contribution in [0.25, 0.3) is 10.8 Å². The van der Waals surface area contributed by atoms with Gasteiger partial charge in [0.2, 0.25) is 0 Å². The highest BCUT2D eigenvalue weighted by Gasteiger charge is 2.45. The van der Waals surface area contributed by atoms with E-state index in [0.29, 0.717) is 24.0 Å². The number of fused-ring (bicyclic) bond motifs is 2. The molecule has 0 spiro atoms. The molecule has 0 N–H and O–H groups in total. The van der Waals surface area contributed by atoms with E-state index in [0.717, 1.165) is 54.8 Å². The van der Waals surface area contributed by atoms with Crippen molar-refractivity contribution in [3.05, 3.63) is 48.0 Å². The van der Waals surface area contributed by atoms with E-state index in [-0.39, 0.29) is 5.91 Å². The largest absolute Gasteiger partial charge is 0.376 e. The lowest BCUT2D eigenvalue weighted by molar-refractivity contribution is -0.0493. The number of ether oxygens (including phenoxy) is 1. The SMILES string of the molecule is CN(C)[C@@H]1C[C@@H]2CN(C(=O)c3cccc4ccccc34)C[C@@H]2C[C@H]1OCC1CC1. The second-order valence-corrected chi connectivity index (χ2v) is 9.57. The van der Waals surface area contributed by atoms with Crippen molar-refractivity contribution in [1.82, 2.24) is 9.80 Å². The first-order valence-corrected chi connectivity index (χ1v) is 11.1. The predicted octanol–water partition coefficient (Wildman–Crippen LogP) is 4.05. The molecule has 2 aromatic rings. The molecule has 3 fully saturated rings. The summed E-state index contributed by atoms with van der Waals surface area (Å²) < 4.78 is 6.38. The summed E-state index contributed by atoms with van der Waals surface area (Å²) in [6, 6.07) is 14.7. The monoisotopic (exact) mass is 392 g/mol. The molecule has 4 nitrogen and oxygen atoms in total. The molecule has 2 aromatic carbocycles. The Hall–Kier alpha value is -1.91. The van der Waals surface area contributed by atoms with E-state index in [1.165, 1.54) is 12.8 Å². The van der Waals surface area contributed by atoms with Crippen molar-refractivity contribution in [1.29, 1.82) is 0 Å². The van der Waals surface area contributed by atoms with E-state index in [2.05, 4.69) is 42.1 Å². The van der Waals surface area contributed by atoms with Gasteiger partial charge >= 0.3 is 0 Å². The zero-order valence-corrected chi connectivity index (χ0v) is 17.6. The third-order valence-electron chi connectivity index (χ3n) is 7.30. The summed E-state index contributed by atoms with van der Waals surface area (Å²) in [5.74, 6) is 2.13. The van der Waals surface area contributed by atoms with Crippen molar-refractivity contribution in [2.45, 2.75) is 37.8 Å². The number of carbonyl (C=O) groups excluding carboxylic acids is 1. The van der Waals surface area contributed by atoms with E-state index < -0.39 is 0 Å². The molecule has 1 amide bonds. The first-order chi connectivity index (χ1) is 14.1. The fraction of sp³-hybridized carbons (Fsp3) is 0.560. The van der Waals surface area contributed by atoms with Crippen LogP contribution in [0.3, 0.4) is 0 Å². The number of likely N-dealkylation sites (N-methyl/N-ethyl adjacent to an activating group) is 1. The van der Waals surface area contributed by atoms with Crippen LogP contribution >= 0.6 is 0 Å². The fourth-order valence-electron chi connectivity index (χ4n) is 5.40. The fourth-order valence-corrected chi connectivity index (χ4v) is 5.40. The summed E-state index contributed by atoms with van der Waals surface area (Å²) >= 11 is 0. The normalized spacial score (nSPS) is 29.4. The molecular formula is C25H32N2O2. The highest BCUT2D eigenvalue weighted by Crippen LogP contribution is 2.40. The zero-order valence-electron chi connectivity index (χ0n) is 17.6. The van der Waals surface area contributed by atoms with Gasteiger partial charge in [0.1, 0.15) is 0 Å². The molecular weight excluding hydrogens is 360 g/mol. The van der Waals surface area contributed by atoms with Crippen LogP contribution in [0.1, 0.15) is 36.0 Å². The maximum Gasteiger partial charge on any atom is 0.254 e. The van der Waals surface area contributed by atoms with Crippen molar-refractivity contribution < 1.29 is 9.53 Å². The molecule has 29 heavy (non-hydrogen) atoms. The van der Waals surface area contributed by atoms with Crippen LogP contribution in [0.2, 0.25) is 0 Å². The van der Waals surface area contributed by atoms with E-state index >= 15 is 0 Å². The van der Waals surface area contributed by atoms with Crippen LogP contribution in [0.5, 0.6) is 0 Å². The lowest BCUT2D eigenvalue weighted by Gasteiger charge is -2.41. The summed E-state index contributed by atoms with van der Waals surface area (Å²) in [6.07, 6.45) is 5.18. The Balaban J connectivity index is 1.32. The Morgan fingerprint density at radius 3 is 2.52 bits per heavy atom. The van der Waals surface area contributed by atoms with Crippen LogP contribution in [0.4, 0.5) is 0 Å². The molecule has 2 aliphatic carbocycles. The number of nitrogens with zero attached hydrogens (tertiary/aromatic N) is 2. The van der Waals surface area contributed by atoms with Gasteiger partial charge < -0.3 is 14.5 Å². The van der Waals surface area contributed by atoms with Crippen LogP contribution < -0.4 is 0 Å². The van der Waals surface area contributed by atoms with E-state index in [4.69, 9.17) is 4.74 Å². The summed E-state index contributed by atoms with van der Waals surface area (Å²) in [4.78, 5) is 17.8. The Labute approximate surface area is 173 Å². The second-order valence-electron chi connectivity index (χ2n) is 9.57. The molecule has 1 aliphatic heterocycles. The molecule has 154 valence electrons. The van der Waals surface area contributed by atoms with Gasteiger partial charge in [-0.15, -0.1) is 0 Å². The smallest absolute Gasteiger partial charge is 0.254 e. The first-order valence-electron chi connectivity index (χ1n) is 11.1. The lowest BCUT2D eigenvalue weighted by Crippen LogP contribution is -2.48. The van der Waals surface area contributed by atoms with Gasteiger partial charge in [-0.1, -0.05) is 36.4 Å². The number of likely N-dealkylation sites (tertiary alicyclic amines) is 1. The number of benzene rings is 2. The quantitative estimate of drug-likeness (QED) is 0.770. The molecule has 1 heterocycles. The number of carbonyl (C=O) groups is 1. The minimum Gasteiger partial charge on any atom is -0.376 e. The molecule has 0 aromatic heterocycles. The van der Waals surface area contributed by atoms with Gasteiger partial charge in [-0.25, -0.2) is 0 Å². The maximum absolute atomic E-state index is 13.4. The average Bonchev–Trinajstić information content (AvgIpc) is 3.47. The molecule has 0 unspecified atom stereocenters. The minimum atomic E-state index is 0.188. The number of amides is 1. The molecule has 0 radical (unpaired) electrons. The van der Waals surface area contributed by atoms with Crippen LogP contribution in [-0.4, -0.2) is 61.6 Å². The van der Waals surface area contributed by atoms with Gasteiger partial charge in [-0.05, 0) is 74.4 Å². The molecule has 5 rings (SSSR count). The van der Waals surface area contributed by atoms with Gasteiger partial charge in [-0.3, -0.25) is 4.79 Å². The van der Waals surface area contributed by atoms with Gasteiger partial charge in [0.05, 0.1) is 6.10 Å². The molecule has 3 aliphatic rings. The summed E-state index contributed by atoms with van der Waals surface area (Å²) in [7, 11) is 4.35. The first kappa shape index (κ1) is 19.1. The third kappa shape index (κ3) is 3.80. The highest BCUT2D eigenvalue weighted by atomic mass is 16.5. The summed E-state index contributed by atoms with van der Waals surface area (Å²) in [5.41, 5.74) is 0.840. The van der Waals surface area contributed by atoms with Crippen molar-refractivity contribution in [2.75, 3.05) is 33.8 Å². The van der Waals surface area contributed by atoms with Crippen molar-refractivity contribution in [3.63, 3.8) is 0 Å². The minimum absolute atomic E-state index is 0.188. The molecule has 4 heteroatoms. The molecule has 4 atom stereocenters. The standard InChI is InChI=1S/C25H32N2O2/c1-26(2)23-12-19-14-27(15-20(19)13-24(23)29-16-17-10-11-17)25(28)22-9-5-7-18-6-3-4-8-21(18)22/h3-9,17,19-20,23-24H,10-16H2,1-2H3/t19-,20+,23-,24-/m1/s1. The lowest BCUT2D eigenvalue weighted by atomic mass is 9.77. The molecule has 1 saturated heterocycles. The maximum atomic E-state index is 13.4. The van der Waals surface area contributed by atoms with Gasteiger partial charge in [0.25, 0.3) is 5.91 Å². The van der Waals surface area contributed by atoms with Gasteiger partial charge in [0, 0.05) is 31.3 Å². The third-order valence-corrected chi connectivity index (χ3v) is 7.30. The Bertz CT molecular complexity index is 886. The van der Waals surface area contributed by atoms with Gasteiger partial charge in [-0.2, -0.15) is 0 Å².